The molecule has 1 aliphatic heterocycles. The normalized spacial score (nSPS) is 18.0. The van der Waals surface area contributed by atoms with E-state index in [9.17, 15) is 17.6 Å². The van der Waals surface area contributed by atoms with Crippen LogP contribution >= 0.6 is 11.6 Å². The second-order valence-corrected chi connectivity index (χ2v) is 8.94. The van der Waals surface area contributed by atoms with Gasteiger partial charge in [-0.3, -0.25) is 9.30 Å². The van der Waals surface area contributed by atoms with Crippen molar-refractivity contribution >= 4 is 22.9 Å². The minimum absolute atomic E-state index is 0.123. The molecule has 1 aromatic carbocycles. The van der Waals surface area contributed by atoms with Gasteiger partial charge in [0.1, 0.15) is 17.2 Å². The molecule has 32 heavy (non-hydrogen) atoms. The van der Waals surface area contributed by atoms with Gasteiger partial charge in [-0.1, -0.05) is 11.6 Å². The van der Waals surface area contributed by atoms with Gasteiger partial charge in [-0.05, 0) is 48.6 Å². The van der Waals surface area contributed by atoms with Gasteiger partial charge in [0.2, 0.25) is 0 Å². The number of benzene rings is 1. The molecule has 0 radical (unpaired) electrons. The van der Waals surface area contributed by atoms with Gasteiger partial charge in [0.05, 0.1) is 10.7 Å². The van der Waals surface area contributed by atoms with Gasteiger partial charge < -0.3 is 4.90 Å². The summed E-state index contributed by atoms with van der Waals surface area (Å²) in [5.41, 5.74) is 0.0985. The first kappa shape index (κ1) is 21.5. The molecule has 0 N–H and O–H groups in total. The molecule has 5 nitrogen and oxygen atoms in total. The Balaban J connectivity index is 1.35. The predicted octanol–water partition coefficient (Wildman–Crippen LogP) is 4.82. The lowest BCUT2D eigenvalue weighted by atomic mass is 10.1. The lowest BCUT2D eigenvalue weighted by Gasteiger charge is -2.36. The maximum Gasteiger partial charge on any atom is 0.420 e. The number of alkyl halides is 3. The number of rotatable bonds is 5. The molecular weight excluding hydrogens is 445 g/mol. The van der Waals surface area contributed by atoms with Gasteiger partial charge in [-0.15, -0.1) is 10.2 Å². The molecule has 0 atom stereocenters. The van der Waals surface area contributed by atoms with Crippen LogP contribution < -0.4 is 4.90 Å². The number of hydrogen-bond donors (Lipinski definition) is 0. The Morgan fingerprint density at radius 3 is 2.44 bits per heavy atom. The zero-order chi connectivity index (χ0) is 22.5. The van der Waals surface area contributed by atoms with Crippen LogP contribution in [0.3, 0.4) is 0 Å². The van der Waals surface area contributed by atoms with Crippen molar-refractivity contribution < 1.29 is 17.6 Å². The van der Waals surface area contributed by atoms with E-state index < -0.39 is 17.6 Å². The summed E-state index contributed by atoms with van der Waals surface area (Å²) < 4.78 is 56.9. The molecule has 1 saturated heterocycles. The predicted molar refractivity (Wildman–Crippen MR) is 113 cm³/mol. The molecule has 0 bridgehead atoms. The van der Waals surface area contributed by atoms with Crippen LogP contribution in [-0.4, -0.2) is 45.7 Å². The molecule has 0 amide bonds. The van der Waals surface area contributed by atoms with Gasteiger partial charge in [0, 0.05) is 45.3 Å². The van der Waals surface area contributed by atoms with Crippen LogP contribution in [0.25, 0.3) is 5.65 Å². The molecule has 10 heteroatoms. The van der Waals surface area contributed by atoms with Gasteiger partial charge in [-0.2, -0.15) is 13.2 Å². The fourth-order valence-corrected chi connectivity index (χ4v) is 4.61. The molecule has 3 aromatic rings. The molecule has 2 fully saturated rings. The topological polar surface area (TPSA) is 36.7 Å². The summed E-state index contributed by atoms with van der Waals surface area (Å²) in [4.78, 5) is 4.01. The van der Waals surface area contributed by atoms with Crippen LogP contribution in [0.1, 0.15) is 29.8 Å². The van der Waals surface area contributed by atoms with Gasteiger partial charge in [0.25, 0.3) is 0 Å². The summed E-state index contributed by atoms with van der Waals surface area (Å²) in [5, 5.41) is 8.29. The summed E-state index contributed by atoms with van der Waals surface area (Å²) >= 11 is 6.16. The molecule has 0 unspecified atom stereocenters. The van der Waals surface area contributed by atoms with Crippen molar-refractivity contribution in [1.82, 2.24) is 19.5 Å². The molecule has 2 aromatic heterocycles. The van der Waals surface area contributed by atoms with Crippen molar-refractivity contribution in [2.24, 2.45) is 5.92 Å². The minimum Gasteiger partial charge on any atom is -0.368 e. The molecular formula is C22H22ClF4N5. The Morgan fingerprint density at radius 1 is 1.03 bits per heavy atom. The lowest BCUT2D eigenvalue weighted by molar-refractivity contribution is -0.137. The number of nitrogens with zero attached hydrogens (tertiary/aromatic N) is 5. The van der Waals surface area contributed by atoms with E-state index in [1.165, 1.54) is 16.5 Å². The number of hydrogen-bond acceptors (Lipinski definition) is 4. The van der Waals surface area contributed by atoms with E-state index >= 15 is 0 Å². The lowest BCUT2D eigenvalue weighted by Crippen LogP contribution is -2.46. The van der Waals surface area contributed by atoms with Gasteiger partial charge in [-0.25, -0.2) is 4.39 Å². The summed E-state index contributed by atoms with van der Waals surface area (Å²) in [6, 6.07) is 5.80. The third-order valence-corrected chi connectivity index (χ3v) is 6.51. The van der Waals surface area contributed by atoms with E-state index in [0.29, 0.717) is 49.4 Å². The van der Waals surface area contributed by atoms with Crippen LogP contribution in [0.5, 0.6) is 0 Å². The Labute approximate surface area is 187 Å². The Hall–Kier alpha value is -2.39. The van der Waals surface area contributed by atoms with E-state index in [-0.39, 0.29) is 17.8 Å². The number of fused-ring (bicyclic) bond motifs is 1. The number of piperazine rings is 1. The SMILES string of the molecule is FC(F)(F)c1c(CN2CCN(c3ccc([18F])cc3Cl)CC2)ccn2c(CC3CC3)nnc12. The van der Waals surface area contributed by atoms with Crippen LogP contribution in [0, 0.1) is 11.7 Å². The largest absolute Gasteiger partial charge is 0.420 e. The molecule has 0 spiro atoms. The van der Waals surface area contributed by atoms with Crippen LogP contribution in [0.4, 0.5) is 23.2 Å². The summed E-state index contributed by atoms with van der Waals surface area (Å²) in [6.07, 6.45) is -0.0223. The molecule has 5 rings (SSSR count). The third kappa shape index (κ3) is 4.28. The van der Waals surface area contributed by atoms with E-state index in [0.717, 1.165) is 18.5 Å². The average molecular weight is 467 g/mol. The highest BCUT2D eigenvalue weighted by atomic mass is 35.5. The Bertz CT molecular complexity index is 1130. The van der Waals surface area contributed by atoms with Crippen molar-refractivity contribution in [3.63, 3.8) is 0 Å². The van der Waals surface area contributed by atoms with E-state index in [4.69, 9.17) is 11.6 Å². The molecule has 2 aliphatic rings. The monoisotopic (exact) mass is 466 g/mol. The highest BCUT2D eigenvalue weighted by Crippen LogP contribution is 2.37. The highest BCUT2D eigenvalue weighted by Gasteiger charge is 2.38. The van der Waals surface area contributed by atoms with Crippen molar-refractivity contribution in [3.05, 3.63) is 58.3 Å². The molecule has 170 valence electrons. The van der Waals surface area contributed by atoms with E-state index in [1.54, 1.807) is 18.3 Å². The Morgan fingerprint density at radius 2 is 1.78 bits per heavy atom. The van der Waals surface area contributed by atoms with E-state index in [1.807, 2.05) is 9.80 Å². The third-order valence-electron chi connectivity index (χ3n) is 6.20. The first-order chi connectivity index (χ1) is 15.3. The van der Waals surface area contributed by atoms with E-state index in [2.05, 4.69) is 10.2 Å². The van der Waals surface area contributed by atoms with Crippen LogP contribution in [0.2, 0.25) is 5.02 Å². The second kappa shape index (κ2) is 8.19. The second-order valence-electron chi connectivity index (χ2n) is 8.53. The zero-order valence-corrected chi connectivity index (χ0v) is 18.0. The van der Waals surface area contributed by atoms with Crippen LogP contribution in [-0.2, 0) is 19.1 Å². The smallest absolute Gasteiger partial charge is 0.368 e. The van der Waals surface area contributed by atoms with Crippen molar-refractivity contribution in [1.29, 1.82) is 0 Å². The fraction of sp³-hybridized carbons (Fsp3) is 0.455. The summed E-state index contributed by atoms with van der Waals surface area (Å²) in [6.45, 7) is 2.48. The van der Waals surface area contributed by atoms with Gasteiger partial charge >= 0.3 is 6.18 Å². The maximum absolute atomic E-state index is 14.0. The number of pyridine rings is 1. The molecule has 1 saturated carbocycles. The summed E-state index contributed by atoms with van der Waals surface area (Å²) in [5.74, 6) is 0.688. The maximum atomic E-state index is 14.0. The first-order valence-corrected chi connectivity index (χ1v) is 11.0. The Kier molecular flexibility index (Phi) is 5.49. The van der Waals surface area contributed by atoms with Crippen molar-refractivity contribution in [2.75, 3.05) is 31.1 Å². The quantitative estimate of drug-likeness (QED) is 0.505. The molecule has 3 heterocycles. The standard InChI is InChI=1S/C22H22ClF4N5/c23-17-12-16(24)3-4-18(17)31-9-7-30(8-10-31)13-15-5-6-32-19(11-14-1-2-14)28-29-21(32)20(15)22(25,26)27/h3-6,12,14H,1-2,7-11,13H2/i24-1. The fourth-order valence-electron chi connectivity index (χ4n) is 4.33. The first-order valence-electron chi connectivity index (χ1n) is 10.6. The summed E-state index contributed by atoms with van der Waals surface area (Å²) in [7, 11) is 0. The average Bonchev–Trinajstić information content (AvgIpc) is 3.46. The van der Waals surface area contributed by atoms with Crippen molar-refractivity contribution in [2.45, 2.75) is 32.0 Å². The van der Waals surface area contributed by atoms with Gasteiger partial charge in [0.15, 0.2) is 5.65 Å². The zero-order valence-electron chi connectivity index (χ0n) is 17.2. The van der Waals surface area contributed by atoms with Crippen LogP contribution in [0.15, 0.2) is 30.5 Å². The minimum atomic E-state index is -4.52. The number of halogens is 5. The number of anilines is 1. The van der Waals surface area contributed by atoms with Crippen molar-refractivity contribution in [3.8, 4) is 0 Å². The number of aromatic nitrogens is 3. The highest BCUT2D eigenvalue weighted by molar-refractivity contribution is 6.33. The molecule has 1 aliphatic carbocycles.